The van der Waals surface area contributed by atoms with E-state index in [0.29, 0.717) is 17.0 Å². The van der Waals surface area contributed by atoms with Crippen LogP contribution in [0.15, 0.2) is 34.9 Å². The molecule has 2 aromatic rings. The molecule has 0 bridgehead atoms. The first-order valence-electron chi connectivity index (χ1n) is 11.4. The predicted molar refractivity (Wildman–Crippen MR) is 121 cm³/mol. The Balaban J connectivity index is 1.26. The van der Waals surface area contributed by atoms with Gasteiger partial charge >= 0.3 is 6.03 Å². The molecule has 0 spiro atoms. The van der Waals surface area contributed by atoms with Crippen LogP contribution in [0, 0.1) is 18.7 Å². The summed E-state index contributed by atoms with van der Waals surface area (Å²) in [6, 6.07) is 5.42. The molecule has 32 heavy (non-hydrogen) atoms. The molecule has 0 radical (unpaired) electrons. The minimum atomic E-state index is -0.583. The third-order valence-corrected chi connectivity index (χ3v) is 6.49. The highest BCUT2D eigenvalue weighted by Gasteiger charge is 2.24. The highest BCUT2D eigenvalue weighted by Crippen LogP contribution is 2.26. The van der Waals surface area contributed by atoms with Crippen LogP contribution in [0.5, 0.6) is 0 Å². The maximum atomic E-state index is 14.2. The molecule has 3 amide bonds. The average Bonchev–Trinajstić information content (AvgIpc) is 3.43. The number of rotatable bonds is 6. The van der Waals surface area contributed by atoms with E-state index in [1.165, 1.54) is 62.8 Å². The first kappa shape index (κ1) is 22.3. The third kappa shape index (κ3) is 5.68. The van der Waals surface area contributed by atoms with Gasteiger partial charge in [0.05, 0.1) is 17.5 Å². The van der Waals surface area contributed by atoms with E-state index < -0.39 is 11.7 Å². The fourth-order valence-electron chi connectivity index (χ4n) is 4.68. The second kappa shape index (κ2) is 10.2. The molecule has 1 saturated heterocycles. The Morgan fingerprint density at radius 1 is 1.09 bits per heavy atom. The monoisotopic (exact) mass is 442 g/mol. The number of carbonyl (C=O) groups excluding carboxylic acids is 2. The van der Waals surface area contributed by atoms with Gasteiger partial charge in [-0.15, -0.1) is 0 Å². The maximum Gasteiger partial charge on any atom is 0.319 e. The van der Waals surface area contributed by atoms with Crippen LogP contribution in [0.2, 0.25) is 0 Å². The van der Waals surface area contributed by atoms with Crippen molar-refractivity contribution in [2.75, 3.05) is 30.3 Å². The van der Waals surface area contributed by atoms with Crippen LogP contribution < -0.4 is 16.0 Å². The molecule has 1 aliphatic carbocycles. The van der Waals surface area contributed by atoms with Crippen molar-refractivity contribution in [2.45, 2.75) is 51.5 Å². The number of hydrogen-bond acceptors (Lipinski definition) is 4. The molecule has 0 unspecified atom stereocenters. The Hall–Kier alpha value is -2.87. The lowest BCUT2D eigenvalue weighted by atomic mass is 10.0. The Bertz CT molecular complexity index is 946. The van der Waals surface area contributed by atoms with Crippen molar-refractivity contribution >= 4 is 23.3 Å². The third-order valence-electron chi connectivity index (χ3n) is 6.49. The molecule has 1 saturated carbocycles. The molecular weight excluding hydrogens is 411 g/mol. The van der Waals surface area contributed by atoms with Crippen molar-refractivity contribution in [3.8, 4) is 0 Å². The topological polar surface area (TPSA) is 86.6 Å². The summed E-state index contributed by atoms with van der Waals surface area (Å²) in [6.45, 7) is 4.84. The van der Waals surface area contributed by atoms with Gasteiger partial charge < -0.3 is 25.3 Å². The number of amides is 3. The van der Waals surface area contributed by atoms with Crippen LogP contribution >= 0.6 is 0 Å². The number of urea groups is 1. The summed E-state index contributed by atoms with van der Waals surface area (Å²) < 4.78 is 19.3. The molecule has 2 aliphatic rings. The Morgan fingerprint density at radius 2 is 1.84 bits per heavy atom. The molecule has 3 N–H and O–H groups in total. The zero-order chi connectivity index (χ0) is 22.5. The standard InChI is InChI=1S/C24H31FN4O3/c1-16-20(10-13-32-16)23(30)28-22-14-19(6-7-21(22)25)27-24(31)26-18-8-11-29(12-9-18)15-17-4-2-3-5-17/h6-7,10,13-14,17-18H,2-5,8-9,11-12,15H2,1H3,(H,28,30)(H2,26,27,31). The van der Waals surface area contributed by atoms with Crippen molar-refractivity contribution < 1.29 is 18.4 Å². The van der Waals surface area contributed by atoms with E-state index in [1.807, 2.05) is 0 Å². The van der Waals surface area contributed by atoms with Gasteiger partial charge in [0.25, 0.3) is 5.91 Å². The lowest BCUT2D eigenvalue weighted by Gasteiger charge is -2.33. The van der Waals surface area contributed by atoms with Gasteiger partial charge in [-0.2, -0.15) is 0 Å². The van der Waals surface area contributed by atoms with Crippen molar-refractivity contribution in [3.05, 3.63) is 47.7 Å². The van der Waals surface area contributed by atoms with E-state index in [4.69, 9.17) is 4.42 Å². The van der Waals surface area contributed by atoms with E-state index >= 15 is 0 Å². The second-order valence-corrected chi connectivity index (χ2v) is 8.86. The van der Waals surface area contributed by atoms with Crippen molar-refractivity contribution in [3.63, 3.8) is 0 Å². The average molecular weight is 443 g/mol. The summed E-state index contributed by atoms with van der Waals surface area (Å²) in [7, 11) is 0. The number of nitrogens with zero attached hydrogens (tertiary/aromatic N) is 1. The second-order valence-electron chi connectivity index (χ2n) is 8.86. The highest BCUT2D eigenvalue weighted by molar-refractivity contribution is 6.05. The van der Waals surface area contributed by atoms with Gasteiger partial charge in [0.1, 0.15) is 11.6 Å². The number of furan rings is 1. The van der Waals surface area contributed by atoms with E-state index in [-0.39, 0.29) is 17.8 Å². The van der Waals surface area contributed by atoms with Crippen LogP contribution in [0.1, 0.15) is 54.6 Å². The molecule has 2 heterocycles. The molecule has 7 nitrogen and oxygen atoms in total. The molecule has 1 aromatic carbocycles. The van der Waals surface area contributed by atoms with Crippen LogP contribution in [-0.4, -0.2) is 42.5 Å². The lowest BCUT2D eigenvalue weighted by molar-refractivity contribution is 0.102. The first-order valence-corrected chi connectivity index (χ1v) is 11.4. The van der Waals surface area contributed by atoms with Crippen LogP contribution in [0.4, 0.5) is 20.6 Å². The van der Waals surface area contributed by atoms with Crippen LogP contribution in [0.25, 0.3) is 0 Å². The Labute approximate surface area is 187 Å². The van der Waals surface area contributed by atoms with Gasteiger partial charge in [-0.3, -0.25) is 4.79 Å². The fraction of sp³-hybridized carbons (Fsp3) is 0.500. The van der Waals surface area contributed by atoms with Crippen LogP contribution in [-0.2, 0) is 0 Å². The molecular formula is C24H31FN4O3. The number of aryl methyl sites for hydroxylation is 1. The zero-order valence-electron chi connectivity index (χ0n) is 18.5. The maximum absolute atomic E-state index is 14.2. The summed E-state index contributed by atoms with van der Waals surface area (Å²) >= 11 is 0. The van der Waals surface area contributed by atoms with Gasteiger partial charge in [0.2, 0.25) is 0 Å². The fourth-order valence-corrected chi connectivity index (χ4v) is 4.68. The zero-order valence-corrected chi connectivity index (χ0v) is 18.5. The van der Waals surface area contributed by atoms with Crippen molar-refractivity contribution in [1.29, 1.82) is 0 Å². The number of benzene rings is 1. The largest absolute Gasteiger partial charge is 0.469 e. The normalized spacial score (nSPS) is 17.9. The SMILES string of the molecule is Cc1occc1C(=O)Nc1cc(NC(=O)NC2CCN(CC3CCCC3)CC2)ccc1F. The van der Waals surface area contributed by atoms with E-state index in [9.17, 15) is 14.0 Å². The number of nitrogens with one attached hydrogen (secondary N) is 3. The molecule has 1 aliphatic heterocycles. The van der Waals surface area contributed by atoms with Crippen molar-refractivity contribution in [2.24, 2.45) is 5.92 Å². The van der Waals surface area contributed by atoms with Crippen LogP contribution in [0.3, 0.4) is 0 Å². The highest BCUT2D eigenvalue weighted by atomic mass is 19.1. The van der Waals surface area contributed by atoms with Gasteiger partial charge in [0.15, 0.2) is 0 Å². The van der Waals surface area contributed by atoms with E-state index in [1.54, 1.807) is 6.92 Å². The summed E-state index contributed by atoms with van der Waals surface area (Å²) in [6.07, 6.45) is 8.68. The number of anilines is 2. The summed E-state index contributed by atoms with van der Waals surface area (Å²) in [5, 5.41) is 8.29. The number of hydrogen-bond donors (Lipinski definition) is 3. The molecule has 1 aromatic heterocycles. The number of carbonyl (C=O) groups is 2. The summed E-state index contributed by atoms with van der Waals surface area (Å²) in [5.41, 5.74) is 0.732. The minimum Gasteiger partial charge on any atom is -0.469 e. The van der Waals surface area contributed by atoms with Gasteiger partial charge in [-0.1, -0.05) is 12.8 Å². The van der Waals surface area contributed by atoms with E-state index in [0.717, 1.165) is 31.8 Å². The quantitative estimate of drug-likeness (QED) is 0.602. The summed E-state index contributed by atoms with van der Waals surface area (Å²) in [4.78, 5) is 27.3. The van der Waals surface area contributed by atoms with Gasteiger partial charge in [-0.05, 0) is 62.8 Å². The molecule has 8 heteroatoms. The summed E-state index contributed by atoms with van der Waals surface area (Å²) in [5.74, 6) is 0.237. The Kier molecular flexibility index (Phi) is 7.09. The van der Waals surface area contributed by atoms with Gasteiger partial charge in [-0.25, -0.2) is 9.18 Å². The van der Waals surface area contributed by atoms with Gasteiger partial charge in [0, 0.05) is 31.4 Å². The van der Waals surface area contributed by atoms with E-state index in [2.05, 4.69) is 20.9 Å². The molecule has 172 valence electrons. The molecule has 0 atom stereocenters. The molecule has 2 fully saturated rings. The number of likely N-dealkylation sites (tertiary alicyclic amines) is 1. The smallest absolute Gasteiger partial charge is 0.319 e. The minimum absolute atomic E-state index is 0.00591. The Morgan fingerprint density at radius 3 is 2.53 bits per heavy atom. The van der Waals surface area contributed by atoms with Crippen molar-refractivity contribution in [1.82, 2.24) is 10.2 Å². The number of halogens is 1. The number of piperidine rings is 1. The first-order chi connectivity index (χ1) is 15.5. The lowest BCUT2D eigenvalue weighted by Crippen LogP contribution is -2.46. The molecule has 4 rings (SSSR count). The predicted octanol–water partition coefficient (Wildman–Crippen LogP) is 4.76.